The van der Waals surface area contributed by atoms with E-state index < -0.39 is 0 Å². The van der Waals surface area contributed by atoms with Crippen LogP contribution in [0.2, 0.25) is 0 Å². The van der Waals surface area contributed by atoms with Gasteiger partial charge in [0.2, 0.25) is 0 Å². The Morgan fingerprint density at radius 1 is 1.36 bits per heavy atom. The van der Waals surface area contributed by atoms with Crippen LogP contribution in [0.3, 0.4) is 0 Å². The van der Waals surface area contributed by atoms with Gasteiger partial charge in [-0.3, -0.25) is 9.67 Å². The lowest BCUT2D eigenvalue weighted by Crippen LogP contribution is -2.44. The van der Waals surface area contributed by atoms with E-state index in [4.69, 9.17) is 0 Å². The molecule has 0 amide bonds. The molecule has 1 atom stereocenters. The van der Waals surface area contributed by atoms with Crippen molar-refractivity contribution in [3.8, 4) is 0 Å². The molecule has 2 aliphatic rings. The van der Waals surface area contributed by atoms with Crippen LogP contribution in [0, 0.1) is 5.92 Å². The standard InChI is InChI=1S/C19H34N6/c1-20-19(21-9-11-23(2)18-6-4-5-7-18)25-10-8-16(15-25)12-17-13-22-24(3)14-17/h13-14,16,18H,4-12,15H2,1-3H3,(H,20,21). The molecular formula is C19H34N6. The predicted molar refractivity (Wildman–Crippen MR) is 103 cm³/mol. The van der Waals surface area contributed by atoms with E-state index in [0.29, 0.717) is 5.92 Å². The summed E-state index contributed by atoms with van der Waals surface area (Å²) in [5, 5.41) is 7.85. The summed E-state index contributed by atoms with van der Waals surface area (Å²) in [6.45, 7) is 4.26. The lowest BCUT2D eigenvalue weighted by atomic mass is 10.0. The maximum absolute atomic E-state index is 4.51. The summed E-state index contributed by atoms with van der Waals surface area (Å²) in [6, 6.07) is 0.791. The Morgan fingerprint density at radius 2 is 2.16 bits per heavy atom. The smallest absolute Gasteiger partial charge is 0.193 e. The minimum Gasteiger partial charge on any atom is -0.355 e. The fourth-order valence-electron chi connectivity index (χ4n) is 4.31. The molecule has 2 fully saturated rings. The number of likely N-dealkylation sites (tertiary alicyclic amines) is 1. The van der Waals surface area contributed by atoms with Gasteiger partial charge in [-0.25, -0.2) is 0 Å². The number of rotatable bonds is 6. The summed E-state index contributed by atoms with van der Waals surface area (Å²) in [4.78, 5) is 9.44. The van der Waals surface area contributed by atoms with Crippen LogP contribution in [0.25, 0.3) is 0 Å². The molecule has 1 aliphatic carbocycles. The van der Waals surface area contributed by atoms with E-state index in [1.165, 1.54) is 37.7 Å². The third-order valence-electron chi connectivity index (χ3n) is 5.78. The van der Waals surface area contributed by atoms with Crippen LogP contribution in [-0.2, 0) is 13.5 Å². The Bertz CT molecular complexity index is 560. The monoisotopic (exact) mass is 346 g/mol. The van der Waals surface area contributed by atoms with Crippen molar-refractivity contribution in [1.82, 2.24) is 24.9 Å². The summed E-state index contributed by atoms with van der Waals surface area (Å²) >= 11 is 0. The molecule has 6 heteroatoms. The minimum absolute atomic E-state index is 0.698. The predicted octanol–water partition coefficient (Wildman–Crippen LogP) is 1.73. The normalized spacial score (nSPS) is 22.3. The van der Waals surface area contributed by atoms with Gasteiger partial charge in [0.05, 0.1) is 6.20 Å². The van der Waals surface area contributed by atoms with Crippen molar-refractivity contribution in [2.45, 2.75) is 44.6 Å². The van der Waals surface area contributed by atoms with E-state index in [-0.39, 0.29) is 0 Å². The van der Waals surface area contributed by atoms with Crippen LogP contribution in [-0.4, -0.2) is 71.9 Å². The van der Waals surface area contributed by atoms with Crippen LogP contribution in [0.15, 0.2) is 17.4 Å². The maximum Gasteiger partial charge on any atom is 0.193 e. The second-order valence-corrected chi connectivity index (χ2v) is 7.72. The molecule has 3 rings (SSSR count). The van der Waals surface area contributed by atoms with Gasteiger partial charge < -0.3 is 15.1 Å². The molecular weight excluding hydrogens is 312 g/mol. The Hall–Kier alpha value is -1.56. The number of nitrogens with zero attached hydrogens (tertiary/aromatic N) is 5. The van der Waals surface area contributed by atoms with Gasteiger partial charge in [0.1, 0.15) is 0 Å². The Morgan fingerprint density at radius 3 is 2.84 bits per heavy atom. The van der Waals surface area contributed by atoms with Crippen molar-refractivity contribution < 1.29 is 0 Å². The molecule has 1 aliphatic heterocycles. The highest BCUT2D eigenvalue weighted by atomic mass is 15.3. The fourth-order valence-corrected chi connectivity index (χ4v) is 4.31. The number of hydrogen-bond donors (Lipinski definition) is 1. The average molecular weight is 347 g/mol. The van der Waals surface area contributed by atoms with Crippen molar-refractivity contribution in [1.29, 1.82) is 0 Å². The first-order valence-electron chi connectivity index (χ1n) is 9.79. The second-order valence-electron chi connectivity index (χ2n) is 7.72. The second kappa shape index (κ2) is 8.70. The minimum atomic E-state index is 0.698. The Labute approximate surface area is 152 Å². The molecule has 140 valence electrons. The van der Waals surface area contributed by atoms with Crippen LogP contribution in [0.1, 0.15) is 37.7 Å². The van der Waals surface area contributed by atoms with Gasteiger partial charge in [-0.2, -0.15) is 5.10 Å². The first-order chi connectivity index (χ1) is 12.2. The lowest BCUT2D eigenvalue weighted by molar-refractivity contribution is 0.248. The molecule has 2 heterocycles. The zero-order valence-electron chi connectivity index (χ0n) is 16.1. The SMILES string of the molecule is CN=C(NCCN(C)C1CCCC1)N1CCC(Cc2cnn(C)c2)C1. The van der Waals surface area contributed by atoms with Gasteiger partial charge in [0.15, 0.2) is 5.96 Å². The first kappa shape index (κ1) is 18.2. The van der Waals surface area contributed by atoms with Gasteiger partial charge in [0, 0.05) is 52.5 Å². The van der Waals surface area contributed by atoms with Crippen molar-refractivity contribution in [2.24, 2.45) is 18.0 Å². The van der Waals surface area contributed by atoms with Crippen molar-refractivity contribution in [3.63, 3.8) is 0 Å². The van der Waals surface area contributed by atoms with Gasteiger partial charge in [-0.1, -0.05) is 12.8 Å². The summed E-state index contributed by atoms with van der Waals surface area (Å²) in [7, 11) is 6.15. The summed E-state index contributed by atoms with van der Waals surface area (Å²) in [5.74, 6) is 1.76. The molecule has 1 N–H and O–H groups in total. The molecule has 0 spiro atoms. The van der Waals surface area contributed by atoms with Gasteiger partial charge in [-0.15, -0.1) is 0 Å². The van der Waals surface area contributed by atoms with E-state index >= 15 is 0 Å². The van der Waals surface area contributed by atoms with Crippen LogP contribution in [0.5, 0.6) is 0 Å². The molecule has 1 saturated carbocycles. The molecule has 0 aromatic carbocycles. The molecule has 1 unspecified atom stereocenters. The number of aromatic nitrogens is 2. The number of aryl methyl sites for hydroxylation is 1. The highest BCUT2D eigenvalue weighted by Gasteiger charge is 2.25. The number of likely N-dealkylation sites (N-methyl/N-ethyl adjacent to an activating group) is 1. The van der Waals surface area contributed by atoms with Crippen molar-refractivity contribution in [2.75, 3.05) is 40.3 Å². The fraction of sp³-hybridized carbons (Fsp3) is 0.789. The number of hydrogen-bond acceptors (Lipinski definition) is 3. The zero-order chi connectivity index (χ0) is 17.6. The Kier molecular flexibility index (Phi) is 6.34. The van der Waals surface area contributed by atoms with E-state index in [1.54, 1.807) is 0 Å². The topological polar surface area (TPSA) is 48.7 Å². The largest absolute Gasteiger partial charge is 0.355 e. The van der Waals surface area contributed by atoms with E-state index in [9.17, 15) is 0 Å². The van der Waals surface area contributed by atoms with Crippen molar-refractivity contribution >= 4 is 5.96 Å². The van der Waals surface area contributed by atoms with E-state index in [1.807, 2.05) is 25.0 Å². The van der Waals surface area contributed by atoms with Crippen molar-refractivity contribution in [3.05, 3.63) is 18.0 Å². The number of nitrogens with one attached hydrogen (secondary N) is 1. The zero-order valence-corrected chi connectivity index (χ0v) is 16.1. The molecule has 1 aromatic heterocycles. The third-order valence-corrected chi connectivity index (χ3v) is 5.78. The molecule has 6 nitrogen and oxygen atoms in total. The first-order valence-corrected chi connectivity index (χ1v) is 9.79. The highest BCUT2D eigenvalue weighted by molar-refractivity contribution is 5.80. The quantitative estimate of drug-likeness (QED) is 0.630. The van der Waals surface area contributed by atoms with Gasteiger partial charge in [-0.05, 0) is 44.2 Å². The molecule has 0 radical (unpaired) electrons. The maximum atomic E-state index is 4.51. The van der Waals surface area contributed by atoms with E-state index in [0.717, 1.165) is 44.6 Å². The summed E-state index contributed by atoms with van der Waals surface area (Å²) in [5.41, 5.74) is 1.34. The molecule has 1 saturated heterocycles. The average Bonchev–Trinajstić information content (AvgIpc) is 3.34. The molecule has 25 heavy (non-hydrogen) atoms. The van der Waals surface area contributed by atoms with Crippen LogP contribution >= 0.6 is 0 Å². The third kappa shape index (κ3) is 4.97. The summed E-state index contributed by atoms with van der Waals surface area (Å²) < 4.78 is 1.89. The number of aliphatic imine (C=N–C) groups is 1. The van der Waals surface area contributed by atoms with Crippen LogP contribution < -0.4 is 5.32 Å². The highest BCUT2D eigenvalue weighted by Crippen LogP contribution is 2.22. The van der Waals surface area contributed by atoms with Gasteiger partial charge in [0.25, 0.3) is 0 Å². The Balaban J connectivity index is 1.40. The van der Waals surface area contributed by atoms with E-state index in [2.05, 4.69) is 38.5 Å². The van der Waals surface area contributed by atoms with Gasteiger partial charge >= 0.3 is 0 Å². The molecule has 0 bridgehead atoms. The number of guanidine groups is 1. The lowest BCUT2D eigenvalue weighted by Gasteiger charge is -2.26. The molecule has 1 aromatic rings. The summed E-state index contributed by atoms with van der Waals surface area (Å²) in [6.07, 6.45) is 12.0. The van der Waals surface area contributed by atoms with Crippen LogP contribution in [0.4, 0.5) is 0 Å².